The lowest BCUT2D eigenvalue weighted by molar-refractivity contribution is -0.141. The van der Waals surface area contributed by atoms with Gasteiger partial charge in [-0.1, -0.05) is 6.07 Å². The van der Waals surface area contributed by atoms with Crippen LogP contribution in [0.4, 0.5) is 0 Å². The number of likely N-dealkylation sites (tertiary alicyclic amines) is 1. The Morgan fingerprint density at radius 1 is 1.50 bits per heavy atom. The van der Waals surface area contributed by atoms with Crippen LogP contribution in [0, 0.1) is 6.92 Å². The van der Waals surface area contributed by atoms with Gasteiger partial charge in [-0.15, -0.1) is 12.4 Å². The normalized spacial score (nSPS) is 19.3. The van der Waals surface area contributed by atoms with E-state index in [1.54, 1.807) is 6.92 Å². The molecule has 0 radical (unpaired) electrons. The van der Waals surface area contributed by atoms with E-state index >= 15 is 0 Å². The van der Waals surface area contributed by atoms with Gasteiger partial charge in [-0.2, -0.15) is 0 Å². The molecule has 2 rings (SSSR count). The van der Waals surface area contributed by atoms with Gasteiger partial charge in [0.25, 0.3) is 5.91 Å². The first kappa shape index (κ1) is 19.3. The number of carbonyl (C=O) groups is 1. The Balaban J connectivity index is 0.00000242. The fourth-order valence-corrected chi connectivity index (χ4v) is 3.30. The molecule has 0 aliphatic carbocycles. The van der Waals surface area contributed by atoms with E-state index in [1.165, 1.54) is 0 Å². The Bertz CT molecular complexity index is 513. The monoisotopic (exact) mass is 390 g/mol. The summed E-state index contributed by atoms with van der Waals surface area (Å²) in [5.74, 6) is 0.723. The molecule has 1 aliphatic heterocycles. The zero-order chi connectivity index (χ0) is 15.4. The summed E-state index contributed by atoms with van der Waals surface area (Å²) in [6, 6.07) is 6.00. The zero-order valence-electron chi connectivity index (χ0n) is 13.0. The molecule has 1 aromatic rings. The fraction of sp³-hybridized carbons (Fsp3) is 0.562. The Kier molecular flexibility index (Phi) is 7.66. The van der Waals surface area contributed by atoms with Crippen LogP contribution in [0.2, 0.25) is 0 Å². The number of hydrogen-bond acceptors (Lipinski definition) is 3. The molecule has 0 saturated carbocycles. The van der Waals surface area contributed by atoms with Gasteiger partial charge < -0.3 is 15.4 Å². The van der Waals surface area contributed by atoms with Crippen LogP contribution >= 0.6 is 28.3 Å². The molecule has 1 heterocycles. The van der Waals surface area contributed by atoms with Gasteiger partial charge in [0.1, 0.15) is 5.75 Å². The van der Waals surface area contributed by atoms with Gasteiger partial charge >= 0.3 is 0 Å². The molecular formula is C16H24BrClN2O2. The quantitative estimate of drug-likeness (QED) is 0.857. The van der Waals surface area contributed by atoms with E-state index in [-0.39, 0.29) is 24.4 Å². The summed E-state index contributed by atoms with van der Waals surface area (Å²) in [7, 11) is 0. The third kappa shape index (κ3) is 4.61. The van der Waals surface area contributed by atoms with Gasteiger partial charge in [0.05, 0.1) is 4.47 Å². The van der Waals surface area contributed by atoms with Crippen molar-refractivity contribution in [1.29, 1.82) is 0 Å². The summed E-state index contributed by atoms with van der Waals surface area (Å²) in [5, 5.41) is 0. The Labute approximate surface area is 146 Å². The van der Waals surface area contributed by atoms with Crippen molar-refractivity contribution in [2.75, 3.05) is 13.1 Å². The number of benzene rings is 1. The number of amides is 1. The average Bonchev–Trinajstić information content (AvgIpc) is 2.49. The highest BCUT2D eigenvalue weighted by Gasteiger charge is 2.29. The molecule has 6 heteroatoms. The zero-order valence-corrected chi connectivity index (χ0v) is 15.5. The fourth-order valence-electron chi connectivity index (χ4n) is 2.71. The SMILES string of the molecule is Cc1ccc(OC(C)C(=O)N2CCCCC2CN)c(Br)c1.Cl. The summed E-state index contributed by atoms with van der Waals surface area (Å²) < 4.78 is 6.70. The number of hydrogen-bond donors (Lipinski definition) is 1. The standard InChI is InChI=1S/C16H23BrN2O2.ClH/c1-11-6-7-15(14(17)9-11)21-12(2)16(20)19-8-4-3-5-13(19)10-18;/h6-7,9,12-13H,3-5,8,10,18H2,1-2H3;1H. The van der Waals surface area contributed by atoms with Crippen LogP contribution in [0.25, 0.3) is 0 Å². The number of piperidine rings is 1. The van der Waals surface area contributed by atoms with Crippen LogP contribution in [0.5, 0.6) is 5.75 Å². The van der Waals surface area contributed by atoms with Crippen LogP contribution in [0.1, 0.15) is 31.7 Å². The lowest BCUT2D eigenvalue weighted by atomic mass is 10.0. The van der Waals surface area contributed by atoms with E-state index in [2.05, 4.69) is 15.9 Å². The second kappa shape index (κ2) is 8.75. The third-order valence-corrected chi connectivity index (χ3v) is 4.54. The van der Waals surface area contributed by atoms with Crippen LogP contribution < -0.4 is 10.5 Å². The smallest absolute Gasteiger partial charge is 0.263 e. The first-order chi connectivity index (χ1) is 10.0. The first-order valence-corrected chi connectivity index (χ1v) is 8.25. The van der Waals surface area contributed by atoms with E-state index in [9.17, 15) is 4.79 Å². The van der Waals surface area contributed by atoms with Crippen molar-refractivity contribution in [3.05, 3.63) is 28.2 Å². The molecule has 2 unspecified atom stereocenters. The molecule has 1 aromatic carbocycles. The first-order valence-electron chi connectivity index (χ1n) is 7.46. The summed E-state index contributed by atoms with van der Waals surface area (Å²) in [5.41, 5.74) is 6.93. The summed E-state index contributed by atoms with van der Waals surface area (Å²) >= 11 is 3.48. The van der Waals surface area contributed by atoms with E-state index < -0.39 is 6.10 Å². The molecule has 0 spiro atoms. The number of nitrogens with zero attached hydrogens (tertiary/aromatic N) is 1. The molecule has 124 valence electrons. The van der Waals surface area contributed by atoms with Gasteiger partial charge in [-0.05, 0) is 66.7 Å². The van der Waals surface area contributed by atoms with Gasteiger partial charge in [0, 0.05) is 19.1 Å². The highest BCUT2D eigenvalue weighted by atomic mass is 79.9. The topological polar surface area (TPSA) is 55.6 Å². The summed E-state index contributed by atoms with van der Waals surface area (Å²) in [6.07, 6.45) is 2.67. The molecule has 2 atom stereocenters. The van der Waals surface area contributed by atoms with Crippen molar-refractivity contribution < 1.29 is 9.53 Å². The largest absolute Gasteiger partial charge is 0.480 e. The van der Waals surface area contributed by atoms with Crippen LogP contribution in [0.3, 0.4) is 0 Å². The van der Waals surface area contributed by atoms with Gasteiger partial charge in [-0.3, -0.25) is 4.79 Å². The molecule has 1 amide bonds. The average molecular weight is 392 g/mol. The molecule has 1 aliphatic rings. The third-order valence-electron chi connectivity index (χ3n) is 3.92. The molecule has 1 fully saturated rings. The van der Waals surface area contributed by atoms with Gasteiger partial charge in [0.15, 0.2) is 6.10 Å². The number of nitrogens with two attached hydrogens (primary N) is 1. The maximum Gasteiger partial charge on any atom is 0.263 e. The number of carbonyl (C=O) groups excluding carboxylic acids is 1. The Morgan fingerprint density at radius 2 is 2.23 bits per heavy atom. The lowest BCUT2D eigenvalue weighted by Crippen LogP contribution is -2.51. The minimum atomic E-state index is -0.504. The maximum atomic E-state index is 12.6. The Morgan fingerprint density at radius 3 is 2.86 bits per heavy atom. The molecule has 4 nitrogen and oxygen atoms in total. The second-order valence-electron chi connectivity index (χ2n) is 5.61. The van der Waals surface area contributed by atoms with Gasteiger partial charge in [-0.25, -0.2) is 0 Å². The molecule has 0 bridgehead atoms. The predicted octanol–water partition coefficient (Wildman–Crippen LogP) is 3.29. The van der Waals surface area contributed by atoms with Crippen molar-refractivity contribution >= 4 is 34.2 Å². The van der Waals surface area contributed by atoms with E-state index in [0.717, 1.165) is 35.8 Å². The van der Waals surface area contributed by atoms with Crippen molar-refractivity contribution in [1.82, 2.24) is 4.90 Å². The second-order valence-corrected chi connectivity index (χ2v) is 6.47. The molecular weight excluding hydrogens is 368 g/mol. The molecule has 22 heavy (non-hydrogen) atoms. The van der Waals surface area contributed by atoms with Crippen molar-refractivity contribution in [3.8, 4) is 5.75 Å². The van der Waals surface area contributed by atoms with Gasteiger partial charge in [0.2, 0.25) is 0 Å². The number of ether oxygens (including phenoxy) is 1. The van der Waals surface area contributed by atoms with Crippen molar-refractivity contribution in [2.24, 2.45) is 5.73 Å². The van der Waals surface area contributed by atoms with Crippen LogP contribution in [-0.2, 0) is 4.79 Å². The number of halogens is 2. The van der Waals surface area contributed by atoms with Crippen LogP contribution in [-0.4, -0.2) is 36.0 Å². The molecule has 0 aromatic heterocycles. The summed E-state index contributed by atoms with van der Waals surface area (Å²) in [4.78, 5) is 14.5. The predicted molar refractivity (Wildman–Crippen MR) is 94.6 cm³/mol. The molecule has 1 saturated heterocycles. The van der Waals surface area contributed by atoms with E-state index in [0.29, 0.717) is 12.3 Å². The summed E-state index contributed by atoms with van der Waals surface area (Å²) in [6.45, 7) is 5.12. The van der Waals surface area contributed by atoms with E-state index in [4.69, 9.17) is 10.5 Å². The van der Waals surface area contributed by atoms with Crippen molar-refractivity contribution in [3.63, 3.8) is 0 Å². The Hall–Kier alpha value is -0.780. The number of rotatable bonds is 4. The van der Waals surface area contributed by atoms with Crippen molar-refractivity contribution in [2.45, 2.75) is 45.3 Å². The highest BCUT2D eigenvalue weighted by molar-refractivity contribution is 9.10. The maximum absolute atomic E-state index is 12.6. The van der Waals surface area contributed by atoms with Crippen LogP contribution in [0.15, 0.2) is 22.7 Å². The lowest BCUT2D eigenvalue weighted by Gasteiger charge is -2.36. The minimum Gasteiger partial charge on any atom is -0.480 e. The number of aryl methyl sites for hydroxylation is 1. The molecule has 2 N–H and O–H groups in total. The van der Waals surface area contributed by atoms with E-state index in [1.807, 2.05) is 30.0 Å². The highest BCUT2D eigenvalue weighted by Crippen LogP contribution is 2.27. The minimum absolute atomic E-state index is 0.